The summed E-state index contributed by atoms with van der Waals surface area (Å²) in [5.41, 5.74) is 4.46. The quantitative estimate of drug-likeness (QED) is 0.297. The molecule has 0 bridgehead atoms. The second-order valence-corrected chi connectivity index (χ2v) is 10.2. The predicted molar refractivity (Wildman–Crippen MR) is 132 cm³/mol. The molecule has 0 saturated carbocycles. The first-order valence-electron chi connectivity index (χ1n) is 10.3. The fourth-order valence-electron chi connectivity index (χ4n) is 3.52. The molecule has 3 aromatic rings. The van der Waals surface area contributed by atoms with Crippen LogP contribution in [0.2, 0.25) is 10.0 Å². The average Bonchev–Trinajstić information content (AvgIpc) is 3.12. The Labute approximate surface area is 205 Å². The fraction of sp³-hybridized carbons (Fsp3) is 0.304. The van der Waals surface area contributed by atoms with Crippen LogP contribution in [0.15, 0.2) is 34.7 Å². The summed E-state index contributed by atoms with van der Waals surface area (Å²) in [6.07, 6.45) is 5.73. The van der Waals surface area contributed by atoms with Gasteiger partial charge in [0.1, 0.15) is 11.1 Å². The number of aromatic nitrogens is 2. The van der Waals surface area contributed by atoms with E-state index in [1.54, 1.807) is 12.1 Å². The van der Waals surface area contributed by atoms with E-state index < -0.39 is 0 Å². The van der Waals surface area contributed by atoms with Crippen molar-refractivity contribution < 1.29 is 4.79 Å². The van der Waals surface area contributed by atoms with Crippen LogP contribution in [0.25, 0.3) is 11.3 Å². The molecule has 0 unspecified atom stereocenters. The van der Waals surface area contributed by atoms with Gasteiger partial charge in [0.25, 0.3) is 0 Å². The lowest BCUT2D eigenvalue weighted by Gasteiger charge is -2.09. The highest BCUT2D eigenvalue weighted by atomic mass is 35.5. The second kappa shape index (κ2) is 10.7. The van der Waals surface area contributed by atoms with Gasteiger partial charge in [0.05, 0.1) is 21.3 Å². The number of nitrogens with one attached hydrogen (secondary N) is 1. The first-order valence-corrected chi connectivity index (χ1v) is 12.9. The van der Waals surface area contributed by atoms with Gasteiger partial charge in [-0.3, -0.25) is 4.79 Å². The lowest BCUT2D eigenvalue weighted by atomic mass is 10.1. The number of pyridine rings is 1. The number of hydrogen-bond acceptors (Lipinski definition) is 6. The van der Waals surface area contributed by atoms with Crippen LogP contribution in [0, 0.1) is 11.3 Å². The molecule has 1 amide bonds. The van der Waals surface area contributed by atoms with E-state index >= 15 is 0 Å². The van der Waals surface area contributed by atoms with Gasteiger partial charge in [-0.1, -0.05) is 35.7 Å². The van der Waals surface area contributed by atoms with Crippen molar-refractivity contribution in [3.05, 3.63) is 56.5 Å². The Kier molecular flexibility index (Phi) is 7.69. The van der Waals surface area contributed by atoms with Crippen LogP contribution in [0.1, 0.15) is 42.5 Å². The highest BCUT2D eigenvalue weighted by molar-refractivity contribution is 7.99. The van der Waals surface area contributed by atoms with Crippen molar-refractivity contribution in [2.45, 2.75) is 43.6 Å². The van der Waals surface area contributed by atoms with Gasteiger partial charge in [-0.2, -0.15) is 5.26 Å². The maximum absolute atomic E-state index is 12.4. The zero-order valence-electron chi connectivity index (χ0n) is 17.2. The Morgan fingerprint density at radius 1 is 1.16 bits per heavy atom. The topological polar surface area (TPSA) is 78.7 Å². The van der Waals surface area contributed by atoms with Gasteiger partial charge in [-0.15, -0.1) is 23.1 Å². The molecule has 164 valence electrons. The molecule has 2 heterocycles. The molecule has 0 radical (unpaired) electrons. The first kappa shape index (κ1) is 23.1. The van der Waals surface area contributed by atoms with Crippen LogP contribution < -0.4 is 5.32 Å². The summed E-state index contributed by atoms with van der Waals surface area (Å²) in [6.45, 7) is 0. The Balaban J connectivity index is 1.34. The molecule has 4 rings (SSSR count). The number of halogens is 2. The first-order chi connectivity index (χ1) is 15.5. The largest absolute Gasteiger partial charge is 0.302 e. The molecular formula is C23H20Cl2N4OS2. The van der Waals surface area contributed by atoms with Crippen molar-refractivity contribution in [3.8, 4) is 17.3 Å². The van der Waals surface area contributed by atoms with E-state index in [-0.39, 0.29) is 5.91 Å². The van der Waals surface area contributed by atoms with Crippen molar-refractivity contribution in [3.63, 3.8) is 0 Å². The van der Waals surface area contributed by atoms with Crippen LogP contribution >= 0.6 is 46.3 Å². The molecule has 0 spiro atoms. The van der Waals surface area contributed by atoms with Gasteiger partial charge < -0.3 is 5.32 Å². The summed E-state index contributed by atoms with van der Waals surface area (Å²) < 4.78 is 0. The van der Waals surface area contributed by atoms with Crippen molar-refractivity contribution in [1.82, 2.24) is 9.97 Å². The predicted octanol–water partition coefficient (Wildman–Crippen LogP) is 6.77. The van der Waals surface area contributed by atoms with Crippen LogP contribution in [0.5, 0.6) is 0 Å². The van der Waals surface area contributed by atoms with Crippen molar-refractivity contribution in [2.24, 2.45) is 0 Å². The van der Waals surface area contributed by atoms with Crippen LogP contribution in [-0.2, 0) is 17.6 Å². The lowest BCUT2D eigenvalue weighted by molar-refractivity contribution is -0.115. The molecule has 1 aliphatic rings. The number of fused-ring (bicyclic) bond motifs is 1. The van der Waals surface area contributed by atoms with Crippen molar-refractivity contribution in [2.75, 3.05) is 11.1 Å². The Morgan fingerprint density at radius 2 is 2.00 bits per heavy atom. The van der Waals surface area contributed by atoms with E-state index in [1.807, 2.05) is 17.5 Å². The molecule has 0 saturated heterocycles. The summed E-state index contributed by atoms with van der Waals surface area (Å²) >= 11 is 14.9. The van der Waals surface area contributed by atoms with E-state index in [9.17, 15) is 10.1 Å². The number of thioether (sulfide) groups is 1. The Bertz CT molecular complexity index is 1190. The molecule has 5 nitrogen and oxygen atoms in total. The molecule has 32 heavy (non-hydrogen) atoms. The number of rotatable bonds is 6. The number of carbonyl (C=O) groups is 1. The SMILES string of the molecule is N#Cc1cc2c(nc1SCCC(=O)Nc1nc(-c3ccc(Cl)c(Cl)c3)cs1)CCCCC2. The minimum atomic E-state index is -0.124. The number of benzene rings is 1. The van der Waals surface area contributed by atoms with Gasteiger partial charge in [-0.05, 0) is 49.4 Å². The molecule has 0 atom stereocenters. The second-order valence-electron chi connectivity index (χ2n) is 7.43. The monoisotopic (exact) mass is 502 g/mol. The summed E-state index contributed by atoms with van der Waals surface area (Å²) in [6, 6.07) is 9.56. The van der Waals surface area contributed by atoms with Crippen molar-refractivity contribution in [1.29, 1.82) is 5.26 Å². The van der Waals surface area contributed by atoms with E-state index in [1.165, 1.54) is 35.1 Å². The van der Waals surface area contributed by atoms with E-state index in [0.29, 0.717) is 32.9 Å². The highest BCUT2D eigenvalue weighted by Crippen LogP contribution is 2.31. The summed E-state index contributed by atoms with van der Waals surface area (Å²) in [5.74, 6) is 0.415. The van der Waals surface area contributed by atoms with Gasteiger partial charge >= 0.3 is 0 Å². The minimum Gasteiger partial charge on any atom is -0.302 e. The smallest absolute Gasteiger partial charge is 0.226 e. The standard InChI is InChI=1S/C23H20Cl2N4OS2/c24-17-7-6-15(11-18(17)25)20-13-32-23(28-20)29-21(30)8-9-31-22-16(12-26)10-14-4-2-1-3-5-19(14)27-22/h6-7,10-11,13H,1-5,8-9H2,(H,28,29,30). The summed E-state index contributed by atoms with van der Waals surface area (Å²) in [5, 5.41) is 16.4. The highest BCUT2D eigenvalue weighted by Gasteiger charge is 2.15. The number of carbonyl (C=O) groups excluding carboxylic acids is 1. The fourth-order valence-corrected chi connectivity index (χ4v) is 5.47. The number of nitrogens with zero attached hydrogens (tertiary/aromatic N) is 3. The van der Waals surface area contributed by atoms with Crippen molar-refractivity contribution >= 4 is 57.3 Å². The lowest BCUT2D eigenvalue weighted by Crippen LogP contribution is -2.12. The normalized spacial score (nSPS) is 13.2. The third-order valence-corrected chi connectivity index (χ3v) is 7.66. The molecule has 0 fully saturated rings. The maximum atomic E-state index is 12.4. The molecule has 9 heteroatoms. The van der Waals surface area contributed by atoms with Gasteiger partial charge in [0.2, 0.25) is 5.91 Å². The maximum Gasteiger partial charge on any atom is 0.226 e. The Hall–Kier alpha value is -2.11. The number of anilines is 1. The number of aryl methyl sites for hydroxylation is 2. The van der Waals surface area contributed by atoms with E-state index in [2.05, 4.69) is 16.4 Å². The zero-order chi connectivity index (χ0) is 22.5. The number of nitriles is 1. The number of thiazole rings is 1. The molecule has 1 aliphatic carbocycles. The van der Waals surface area contributed by atoms with Crippen LogP contribution in [0.3, 0.4) is 0 Å². The number of amides is 1. The van der Waals surface area contributed by atoms with E-state index in [0.717, 1.165) is 47.7 Å². The molecular weight excluding hydrogens is 483 g/mol. The van der Waals surface area contributed by atoms with Gasteiger partial charge in [0, 0.05) is 28.8 Å². The molecule has 2 aromatic heterocycles. The van der Waals surface area contributed by atoms with Crippen LogP contribution in [0.4, 0.5) is 5.13 Å². The summed E-state index contributed by atoms with van der Waals surface area (Å²) in [4.78, 5) is 21.6. The third-order valence-electron chi connectivity index (χ3n) is 5.17. The third kappa shape index (κ3) is 5.62. The molecule has 1 aromatic carbocycles. The molecule has 0 aliphatic heterocycles. The van der Waals surface area contributed by atoms with Gasteiger partial charge in [0.15, 0.2) is 5.13 Å². The minimum absolute atomic E-state index is 0.124. The van der Waals surface area contributed by atoms with Gasteiger partial charge in [-0.25, -0.2) is 9.97 Å². The number of hydrogen-bond donors (Lipinski definition) is 1. The molecule has 1 N–H and O–H groups in total. The zero-order valence-corrected chi connectivity index (χ0v) is 20.3. The average molecular weight is 503 g/mol. The summed E-state index contributed by atoms with van der Waals surface area (Å²) in [7, 11) is 0. The van der Waals surface area contributed by atoms with Crippen LogP contribution in [-0.4, -0.2) is 21.6 Å². The van der Waals surface area contributed by atoms with E-state index in [4.69, 9.17) is 28.2 Å². The Morgan fingerprint density at radius 3 is 2.81 bits per heavy atom.